The molecule has 1 aliphatic rings. The number of amides is 2. The number of nitrogens with one attached hydrogen (secondary N) is 1. The molecule has 1 N–H and O–H groups in total. The average molecular weight is 254 g/mol. The molecule has 0 atom stereocenters. The van der Waals surface area contributed by atoms with E-state index in [-0.39, 0.29) is 6.03 Å². The maximum absolute atomic E-state index is 11.8. The van der Waals surface area contributed by atoms with E-state index in [4.69, 9.17) is 4.74 Å². The molecule has 0 bridgehead atoms. The van der Waals surface area contributed by atoms with Crippen LogP contribution in [0.4, 0.5) is 10.5 Å². The fourth-order valence-corrected chi connectivity index (χ4v) is 2.82. The molecule has 1 aliphatic heterocycles. The average Bonchev–Trinajstić information content (AvgIpc) is 2.71. The number of carbonyl (C=O) groups excluding carboxylic acids is 2. The van der Waals surface area contributed by atoms with Gasteiger partial charge in [0.05, 0.1) is 12.8 Å². The second-order valence-electron chi connectivity index (χ2n) is 3.83. The van der Waals surface area contributed by atoms with E-state index in [2.05, 4.69) is 5.32 Å². The van der Waals surface area contributed by atoms with E-state index in [1.54, 1.807) is 4.90 Å². The van der Waals surface area contributed by atoms with Crippen molar-refractivity contribution in [3.05, 3.63) is 15.8 Å². The minimum absolute atomic E-state index is 0.150. The zero-order valence-electron chi connectivity index (χ0n) is 9.78. The molecule has 0 saturated carbocycles. The molecule has 2 rings (SSSR count). The van der Waals surface area contributed by atoms with Crippen molar-refractivity contribution in [1.82, 2.24) is 5.32 Å². The Morgan fingerprint density at radius 1 is 1.59 bits per heavy atom. The first-order valence-electron chi connectivity index (χ1n) is 5.37. The number of anilines is 1. The van der Waals surface area contributed by atoms with Crippen LogP contribution in [0.1, 0.15) is 21.7 Å². The second-order valence-corrected chi connectivity index (χ2v) is 4.70. The minimum Gasteiger partial charge on any atom is -0.465 e. The molecule has 0 unspecified atom stereocenters. The Kier molecular flexibility index (Phi) is 3.33. The zero-order chi connectivity index (χ0) is 12.4. The number of hydrogen-bond acceptors (Lipinski definition) is 4. The molecule has 1 aromatic heterocycles. The lowest BCUT2D eigenvalue weighted by atomic mass is 10.2. The van der Waals surface area contributed by atoms with Crippen LogP contribution in [0.25, 0.3) is 0 Å². The molecular formula is C11H14N2O3S. The zero-order valence-corrected chi connectivity index (χ0v) is 10.6. The van der Waals surface area contributed by atoms with Gasteiger partial charge in [0.25, 0.3) is 0 Å². The van der Waals surface area contributed by atoms with E-state index in [9.17, 15) is 9.59 Å². The Morgan fingerprint density at radius 2 is 2.35 bits per heavy atom. The maximum Gasteiger partial charge on any atom is 0.350 e. The summed E-state index contributed by atoms with van der Waals surface area (Å²) in [5.74, 6) is -0.392. The highest BCUT2D eigenvalue weighted by Crippen LogP contribution is 2.32. The minimum atomic E-state index is -0.392. The van der Waals surface area contributed by atoms with Crippen LogP contribution >= 0.6 is 11.3 Å². The molecule has 1 saturated heterocycles. The highest BCUT2D eigenvalue weighted by molar-refractivity contribution is 7.12. The lowest BCUT2D eigenvalue weighted by Crippen LogP contribution is -2.47. The number of carbonyl (C=O) groups is 2. The third-order valence-corrected chi connectivity index (χ3v) is 3.73. The van der Waals surface area contributed by atoms with Crippen LogP contribution in [-0.2, 0) is 4.74 Å². The number of methoxy groups -OCH3 is 1. The number of ether oxygens (including phenoxy) is 1. The lowest BCUT2D eigenvalue weighted by molar-refractivity contribution is 0.0607. The molecule has 2 heterocycles. The van der Waals surface area contributed by atoms with Gasteiger partial charge in [-0.3, -0.25) is 4.90 Å². The van der Waals surface area contributed by atoms with Gasteiger partial charge in [0.15, 0.2) is 0 Å². The van der Waals surface area contributed by atoms with Gasteiger partial charge >= 0.3 is 12.0 Å². The van der Waals surface area contributed by atoms with Crippen molar-refractivity contribution in [2.75, 3.05) is 25.1 Å². The summed E-state index contributed by atoms with van der Waals surface area (Å²) < 4.78 is 4.73. The standard InChI is InChI=1S/C11H14N2O3S/c1-7-6-17-9(10(14)16-2)8(7)13-5-3-4-12-11(13)15/h6H,3-5H2,1-2H3,(H,12,15). The first kappa shape index (κ1) is 11.9. The normalized spacial score (nSPS) is 15.6. The van der Waals surface area contributed by atoms with Crippen molar-refractivity contribution in [2.45, 2.75) is 13.3 Å². The smallest absolute Gasteiger partial charge is 0.350 e. The summed E-state index contributed by atoms with van der Waals surface area (Å²) in [4.78, 5) is 25.5. The van der Waals surface area contributed by atoms with E-state index < -0.39 is 5.97 Å². The predicted octanol–water partition coefficient (Wildman–Crippen LogP) is 1.76. The molecular weight excluding hydrogens is 240 g/mol. The van der Waals surface area contributed by atoms with Gasteiger partial charge in [0.1, 0.15) is 4.88 Å². The molecule has 1 aromatic rings. The Balaban J connectivity index is 2.39. The number of urea groups is 1. The van der Waals surface area contributed by atoms with Gasteiger partial charge in [0, 0.05) is 13.1 Å². The van der Waals surface area contributed by atoms with Gasteiger partial charge in [-0.25, -0.2) is 9.59 Å². The monoisotopic (exact) mass is 254 g/mol. The molecule has 0 radical (unpaired) electrons. The van der Waals surface area contributed by atoms with Crippen LogP contribution in [-0.4, -0.2) is 32.2 Å². The van der Waals surface area contributed by atoms with Gasteiger partial charge in [-0.05, 0) is 24.3 Å². The summed E-state index contributed by atoms with van der Waals surface area (Å²) in [6, 6.07) is -0.150. The topological polar surface area (TPSA) is 58.6 Å². The van der Waals surface area contributed by atoms with Gasteiger partial charge in [-0.1, -0.05) is 0 Å². The Labute approximate surface area is 103 Å². The summed E-state index contributed by atoms with van der Waals surface area (Å²) in [5.41, 5.74) is 1.60. The highest BCUT2D eigenvalue weighted by atomic mass is 32.1. The highest BCUT2D eigenvalue weighted by Gasteiger charge is 2.27. The largest absolute Gasteiger partial charge is 0.465 e. The van der Waals surface area contributed by atoms with Crippen molar-refractivity contribution >= 4 is 29.0 Å². The Bertz CT molecular complexity index is 456. The van der Waals surface area contributed by atoms with Gasteiger partial charge in [0.2, 0.25) is 0 Å². The summed E-state index contributed by atoms with van der Waals surface area (Å²) >= 11 is 1.31. The van der Waals surface area contributed by atoms with Gasteiger partial charge < -0.3 is 10.1 Å². The quantitative estimate of drug-likeness (QED) is 0.818. The van der Waals surface area contributed by atoms with E-state index in [1.165, 1.54) is 18.4 Å². The second kappa shape index (κ2) is 4.75. The number of esters is 1. The van der Waals surface area contributed by atoms with E-state index in [0.29, 0.717) is 23.7 Å². The van der Waals surface area contributed by atoms with Crippen LogP contribution in [0, 0.1) is 6.92 Å². The van der Waals surface area contributed by atoms with Crippen molar-refractivity contribution < 1.29 is 14.3 Å². The lowest BCUT2D eigenvalue weighted by Gasteiger charge is -2.28. The predicted molar refractivity (Wildman–Crippen MR) is 65.8 cm³/mol. The molecule has 2 amide bonds. The molecule has 0 aromatic carbocycles. The Hall–Kier alpha value is -1.56. The van der Waals surface area contributed by atoms with Gasteiger partial charge in [-0.15, -0.1) is 11.3 Å². The van der Waals surface area contributed by atoms with Crippen LogP contribution < -0.4 is 10.2 Å². The Morgan fingerprint density at radius 3 is 3.00 bits per heavy atom. The molecule has 5 nitrogen and oxygen atoms in total. The van der Waals surface area contributed by atoms with Gasteiger partial charge in [-0.2, -0.15) is 0 Å². The number of rotatable bonds is 2. The van der Waals surface area contributed by atoms with Crippen molar-refractivity contribution in [1.29, 1.82) is 0 Å². The summed E-state index contributed by atoms with van der Waals surface area (Å²) in [6.07, 6.45) is 0.877. The van der Waals surface area contributed by atoms with E-state index in [1.807, 2.05) is 12.3 Å². The van der Waals surface area contributed by atoms with E-state index >= 15 is 0 Å². The number of hydrogen-bond donors (Lipinski definition) is 1. The SMILES string of the molecule is COC(=O)c1scc(C)c1N1CCCNC1=O. The third kappa shape index (κ3) is 2.12. The van der Waals surface area contributed by atoms with Crippen molar-refractivity contribution in [3.8, 4) is 0 Å². The first-order valence-corrected chi connectivity index (χ1v) is 6.25. The third-order valence-electron chi connectivity index (χ3n) is 2.66. The fourth-order valence-electron chi connectivity index (χ4n) is 1.85. The molecule has 0 aliphatic carbocycles. The van der Waals surface area contributed by atoms with Crippen LogP contribution in [0.5, 0.6) is 0 Å². The summed E-state index contributed by atoms with van der Waals surface area (Å²) in [5, 5.41) is 4.64. The van der Waals surface area contributed by atoms with E-state index in [0.717, 1.165) is 12.0 Å². The van der Waals surface area contributed by atoms with Crippen molar-refractivity contribution in [3.63, 3.8) is 0 Å². The number of thiophene rings is 1. The van der Waals surface area contributed by atoms with Crippen LogP contribution in [0.15, 0.2) is 5.38 Å². The number of aryl methyl sites for hydroxylation is 1. The summed E-state index contributed by atoms with van der Waals surface area (Å²) in [6.45, 7) is 3.21. The maximum atomic E-state index is 11.8. The molecule has 92 valence electrons. The molecule has 17 heavy (non-hydrogen) atoms. The van der Waals surface area contributed by atoms with Crippen LogP contribution in [0.2, 0.25) is 0 Å². The van der Waals surface area contributed by atoms with Crippen LogP contribution in [0.3, 0.4) is 0 Å². The molecule has 1 fully saturated rings. The summed E-state index contributed by atoms with van der Waals surface area (Å²) in [7, 11) is 1.34. The first-order chi connectivity index (χ1) is 8.15. The van der Waals surface area contributed by atoms with Crippen molar-refractivity contribution in [2.24, 2.45) is 0 Å². The molecule has 6 heteroatoms. The number of nitrogens with zero attached hydrogens (tertiary/aromatic N) is 1. The fraction of sp³-hybridized carbons (Fsp3) is 0.455. The molecule has 0 spiro atoms.